The smallest absolute Gasteiger partial charge is 0.251 e. The van der Waals surface area contributed by atoms with Gasteiger partial charge in [-0.05, 0) is 32.9 Å². The predicted octanol–water partition coefficient (Wildman–Crippen LogP) is 1.36. The molecule has 1 unspecified atom stereocenters. The Kier molecular flexibility index (Phi) is 6.80. The van der Waals surface area contributed by atoms with Crippen molar-refractivity contribution in [3.8, 4) is 0 Å². The van der Waals surface area contributed by atoms with Gasteiger partial charge in [-0.1, -0.05) is 0 Å². The van der Waals surface area contributed by atoms with Gasteiger partial charge in [0.05, 0.1) is 6.54 Å². The topological polar surface area (TPSA) is 75.3 Å². The lowest BCUT2D eigenvalue weighted by Crippen LogP contribution is -2.39. The van der Waals surface area contributed by atoms with E-state index >= 15 is 0 Å². The minimum atomic E-state index is -1.09. The summed E-state index contributed by atoms with van der Waals surface area (Å²) in [7, 11) is -1.09. The zero-order valence-corrected chi connectivity index (χ0v) is 14.1. The molecule has 1 aromatic carbocycles. The Labute approximate surface area is 136 Å². The second-order valence-corrected chi connectivity index (χ2v) is 8.18. The Morgan fingerprint density at radius 1 is 1.09 bits per heavy atom. The van der Waals surface area contributed by atoms with Crippen LogP contribution in [0.5, 0.6) is 0 Å². The van der Waals surface area contributed by atoms with Crippen molar-refractivity contribution in [1.82, 2.24) is 10.6 Å². The molecule has 0 bridgehead atoms. The number of rotatable bonds is 6. The van der Waals surface area contributed by atoms with Gasteiger partial charge in [0.1, 0.15) is 11.6 Å². The molecule has 0 aliphatic rings. The number of hydrogen-bond acceptors (Lipinski definition) is 3. The van der Waals surface area contributed by atoms with Crippen LogP contribution in [0.25, 0.3) is 0 Å². The van der Waals surface area contributed by atoms with Crippen molar-refractivity contribution in [2.24, 2.45) is 0 Å². The SMILES string of the molecule is CC(C)(C)S(=O)CCNC(=O)CNC(=O)c1cc(F)cc(F)c1. The molecule has 5 nitrogen and oxygen atoms in total. The fourth-order valence-corrected chi connectivity index (χ4v) is 2.50. The van der Waals surface area contributed by atoms with E-state index in [9.17, 15) is 22.6 Å². The van der Waals surface area contributed by atoms with Crippen molar-refractivity contribution in [3.05, 3.63) is 35.4 Å². The zero-order valence-electron chi connectivity index (χ0n) is 13.2. The van der Waals surface area contributed by atoms with Crippen molar-refractivity contribution >= 4 is 22.6 Å². The summed E-state index contributed by atoms with van der Waals surface area (Å²) < 4.78 is 37.4. The summed E-state index contributed by atoms with van der Waals surface area (Å²) in [5.74, 6) is -2.66. The lowest BCUT2D eigenvalue weighted by molar-refractivity contribution is -0.120. The third-order valence-electron chi connectivity index (χ3n) is 2.83. The van der Waals surface area contributed by atoms with E-state index in [2.05, 4.69) is 10.6 Å². The molecule has 0 saturated carbocycles. The molecule has 2 N–H and O–H groups in total. The second kappa shape index (κ2) is 8.14. The van der Waals surface area contributed by atoms with Crippen LogP contribution >= 0.6 is 0 Å². The van der Waals surface area contributed by atoms with E-state index < -0.39 is 34.2 Å². The highest BCUT2D eigenvalue weighted by Gasteiger charge is 2.19. The average Bonchev–Trinajstić information content (AvgIpc) is 2.42. The Balaban J connectivity index is 2.38. The van der Waals surface area contributed by atoms with Gasteiger partial charge in [0.15, 0.2) is 0 Å². The number of halogens is 2. The zero-order chi connectivity index (χ0) is 17.6. The molecule has 0 saturated heterocycles. The van der Waals surface area contributed by atoms with E-state index in [1.807, 2.05) is 20.8 Å². The van der Waals surface area contributed by atoms with Crippen molar-refractivity contribution in [1.29, 1.82) is 0 Å². The molecule has 23 heavy (non-hydrogen) atoms. The van der Waals surface area contributed by atoms with Gasteiger partial charge in [-0.15, -0.1) is 0 Å². The Hall–Kier alpha value is -1.83. The summed E-state index contributed by atoms with van der Waals surface area (Å²) in [6, 6.07) is 2.41. The molecular formula is C15H20F2N2O3S. The van der Waals surface area contributed by atoms with Crippen LogP contribution in [0, 0.1) is 11.6 Å². The van der Waals surface area contributed by atoms with E-state index in [0.29, 0.717) is 11.8 Å². The van der Waals surface area contributed by atoms with Crippen LogP contribution in [0.4, 0.5) is 8.78 Å². The molecule has 0 spiro atoms. The average molecular weight is 346 g/mol. The van der Waals surface area contributed by atoms with E-state index in [1.54, 1.807) is 0 Å². The minimum Gasteiger partial charge on any atom is -0.354 e. The quantitative estimate of drug-likeness (QED) is 0.817. The first kappa shape index (κ1) is 19.2. The lowest BCUT2D eigenvalue weighted by atomic mass is 10.2. The number of amides is 2. The highest BCUT2D eigenvalue weighted by Crippen LogP contribution is 2.10. The summed E-state index contributed by atoms with van der Waals surface area (Å²) >= 11 is 0. The van der Waals surface area contributed by atoms with Crippen LogP contribution in [0.3, 0.4) is 0 Å². The molecule has 1 aromatic rings. The van der Waals surface area contributed by atoms with Crippen molar-refractivity contribution in [2.75, 3.05) is 18.8 Å². The molecule has 0 radical (unpaired) electrons. The highest BCUT2D eigenvalue weighted by molar-refractivity contribution is 7.86. The van der Waals surface area contributed by atoms with Crippen LogP contribution in [-0.2, 0) is 15.6 Å². The minimum absolute atomic E-state index is 0.205. The van der Waals surface area contributed by atoms with Gasteiger partial charge >= 0.3 is 0 Å². The molecule has 128 valence electrons. The number of hydrogen-bond donors (Lipinski definition) is 2. The summed E-state index contributed by atoms with van der Waals surface area (Å²) in [6.07, 6.45) is 0. The fourth-order valence-electron chi connectivity index (χ4n) is 1.60. The van der Waals surface area contributed by atoms with E-state index in [-0.39, 0.29) is 23.4 Å². The molecule has 0 aromatic heterocycles. The molecule has 1 rings (SSSR count). The summed E-state index contributed by atoms with van der Waals surface area (Å²) in [5.41, 5.74) is -0.205. The second-order valence-electron chi connectivity index (χ2n) is 5.85. The number of carbonyl (C=O) groups excluding carboxylic acids is 2. The van der Waals surface area contributed by atoms with Crippen LogP contribution in [0.2, 0.25) is 0 Å². The van der Waals surface area contributed by atoms with Gasteiger partial charge in [0, 0.05) is 39.5 Å². The predicted molar refractivity (Wildman–Crippen MR) is 84.5 cm³/mol. The summed E-state index contributed by atoms with van der Waals surface area (Å²) in [4.78, 5) is 23.3. The van der Waals surface area contributed by atoms with Crippen LogP contribution in [-0.4, -0.2) is 39.6 Å². The van der Waals surface area contributed by atoms with Crippen LogP contribution in [0.15, 0.2) is 18.2 Å². The van der Waals surface area contributed by atoms with Crippen LogP contribution in [0.1, 0.15) is 31.1 Å². The highest BCUT2D eigenvalue weighted by atomic mass is 32.2. The van der Waals surface area contributed by atoms with Gasteiger partial charge in [0.25, 0.3) is 5.91 Å². The molecule has 8 heteroatoms. The van der Waals surface area contributed by atoms with Gasteiger partial charge < -0.3 is 10.6 Å². The first-order valence-electron chi connectivity index (χ1n) is 6.99. The number of benzene rings is 1. The van der Waals surface area contributed by atoms with E-state index in [1.165, 1.54) is 0 Å². The van der Waals surface area contributed by atoms with Crippen molar-refractivity contribution < 1.29 is 22.6 Å². The van der Waals surface area contributed by atoms with Crippen molar-refractivity contribution in [3.63, 3.8) is 0 Å². The third kappa shape index (κ3) is 6.85. The first-order valence-corrected chi connectivity index (χ1v) is 8.31. The molecule has 0 fully saturated rings. The molecule has 0 aliphatic carbocycles. The van der Waals surface area contributed by atoms with Crippen molar-refractivity contribution in [2.45, 2.75) is 25.5 Å². The Morgan fingerprint density at radius 3 is 2.17 bits per heavy atom. The molecular weight excluding hydrogens is 326 g/mol. The number of carbonyl (C=O) groups is 2. The van der Waals surface area contributed by atoms with E-state index in [0.717, 1.165) is 12.1 Å². The Morgan fingerprint density at radius 2 is 1.65 bits per heavy atom. The van der Waals surface area contributed by atoms with E-state index in [4.69, 9.17) is 0 Å². The molecule has 0 heterocycles. The van der Waals surface area contributed by atoms with Crippen LogP contribution < -0.4 is 10.6 Å². The molecule has 0 aliphatic heterocycles. The lowest BCUT2D eigenvalue weighted by Gasteiger charge is -2.17. The Bertz CT molecular complexity index is 595. The monoisotopic (exact) mass is 346 g/mol. The van der Waals surface area contributed by atoms with Gasteiger partial charge in [-0.25, -0.2) is 8.78 Å². The number of nitrogens with one attached hydrogen (secondary N) is 2. The molecule has 1 atom stereocenters. The maximum Gasteiger partial charge on any atom is 0.251 e. The van der Waals surface area contributed by atoms with Gasteiger partial charge in [-0.3, -0.25) is 13.8 Å². The largest absolute Gasteiger partial charge is 0.354 e. The maximum absolute atomic E-state index is 13.0. The summed E-state index contributed by atoms with van der Waals surface area (Å²) in [5, 5.41) is 4.78. The first-order chi connectivity index (χ1) is 10.6. The molecule has 2 amide bonds. The maximum atomic E-state index is 13.0. The fraction of sp³-hybridized carbons (Fsp3) is 0.467. The van der Waals surface area contributed by atoms with Gasteiger partial charge in [-0.2, -0.15) is 0 Å². The third-order valence-corrected chi connectivity index (χ3v) is 4.77. The summed E-state index contributed by atoms with van der Waals surface area (Å²) in [6.45, 7) is 5.39. The normalized spacial score (nSPS) is 12.6. The standard InChI is InChI=1S/C15H20F2N2O3S/c1-15(2,3)23(22)5-4-18-13(20)9-19-14(21)10-6-11(16)8-12(17)7-10/h6-8H,4-5,9H2,1-3H3,(H,18,20)(H,19,21). The van der Waals surface area contributed by atoms with Gasteiger partial charge in [0.2, 0.25) is 5.91 Å².